The number of aliphatic hydroxyl groups is 11. The van der Waals surface area contributed by atoms with E-state index >= 15 is 0 Å². The van der Waals surface area contributed by atoms with Crippen molar-refractivity contribution in [2.75, 3.05) is 26.4 Å². The molecule has 111 heavy (non-hydrogen) atoms. The highest BCUT2D eigenvalue weighted by atomic mass is 16.8. The van der Waals surface area contributed by atoms with E-state index in [-0.39, 0.29) is 18.9 Å². The van der Waals surface area contributed by atoms with E-state index < -0.39 is 124 Å². The van der Waals surface area contributed by atoms with E-state index in [2.05, 4.69) is 67.8 Å². The topological polar surface area (TPSA) is 307 Å². The predicted molar refractivity (Wildman–Crippen MR) is 448 cm³/mol. The predicted octanol–water partition coefficient (Wildman–Crippen LogP) is 17.7. The Bertz CT molecular complexity index is 2230. The van der Waals surface area contributed by atoms with Gasteiger partial charge in [0.05, 0.1) is 38.6 Å². The van der Waals surface area contributed by atoms with Crippen LogP contribution in [0.5, 0.6) is 0 Å². The average molecular weight is 1580 g/mol. The Labute approximate surface area is 675 Å². The van der Waals surface area contributed by atoms with Gasteiger partial charge in [0.2, 0.25) is 5.91 Å². The normalized spacial score (nSPS) is 25.3. The fourth-order valence-corrected chi connectivity index (χ4v) is 15.4. The van der Waals surface area contributed by atoms with Crippen LogP contribution in [0.1, 0.15) is 386 Å². The number of ether oxygens (including phenoxy) is 6. The summed E-state index contributed by atoms with van der Waals surface area (Å²) < 4.78 is 34.5. The first-order valence-corrected chi connectivity index (χ1v) is 46.0. The first-order chi connectivity index (χ1) is 54.3. The van der Waals surface area contributed by atoms with Gasteiger partial charge in [0.1, 0.15) is 73.2 Å². The second kappa shape index (κ2) is 71.6. The Morgan fingerprint density at radius 1 is 0.324 bits per heavy atom. The molecular formula is C92H169NO18. The number of aliphatic hydroxyl groups excluding tert-OH is 11. The number of hydrogen-bond acceptors (Lipinski definition) is 18. The third-order valence-electron chi connectivity index (χ3n) is 22.8. The number of unbranched alkanes of at least 4 members (excludes halogenated alkanes) is 51. The zero-order chi connectivity index (χ0) is 80.3. The summed E-state index contributed by atoms with van der Waals surface area (Å²) in [4.78, 5) is 13.5. The molecule has 3 saturated heterocycles. The minimum absolute atomic E-state index is 0.235. The maximum absolute atomic E-state index is 13.5. The summed E-state index contributed by atoms with van der Waals surface area (Å²) in [6.45, 7) is 1.75. The van der Waals surface area contributed by atoms with E-state index in [1.165, 1.54) is 302 Å². The van der Waals surface area contributed by atoms with Gasteiger partial charge >= 0.3 is 0 Å². The van der Waals surface area contributed by atoms with E-state index in [1.807, 2.05) is 6.08 Å². The summed E-state index contributed by atoms with van der Waals surface area (Å²) in [6.07, 6.45) is 68.3. The van der Waals surface area contributed by atoms with Crippen molar-refractivity contribution in [2.45, 2.75) is 491 Å². The molecule has 0 saturated carbocycles. The van der Waals surface area contributed by atoms with Crippen LogP contribution in [0, 0.1) is 0 Å². The highest BCUT2D eigenvalue weighted by molar-refractivity contribution is 5.76. The van der Waals surface area contributed by atoms with Crippen molar-refractivity contribution in [3.8, 4) is 0 Å². The number of carbonyl (C=O) groups is 1. The van der Waals surface area contributed by atoms with E-state index in [4.69, 9.17) is 28.4 Å². The molecule has 0 spiro atoms. The molecule has 0 aromatic heterocycles. The van der Waals surface area contributed by atoms with Gasteiger partial charge in [0.25, 0.3) is 0 Å². The van der Waals surface area contributed by atoms with Crippen molar-refractivity contribution >= 4 is 5.91 Å². The fraction of sp³-hybridized carbons (Fsp3) is 0.880. The van der Waals surface area contributed by atoms with Gasteiger partial charge in [-0.3, -0.25) is 4.79 Å². The van der Waals surface area contributed by atoms with Crippen LogP contribution in [0.2, 0.25) is 0 Å². The molecule has 3 heterocycles. The van der Waals surface area contributed by atoms with Gasteiger partial charge in [-0.2, -0.15) is 0 Å². The summed E-state index contributed by atoms with van der Waals surface area (Å²) in [5.41, 5.74) is 0. The smallest absolute Gasteiger partial charge is 0.220 e. The first-order valence-electron chi connectivity index (χ1n) is 46.0. The molecule has 19 nitrogen and oxygen atoms in total. The monoisotopic (exact) mass is 1580 g/mol. The fourth-order valence-electron chi connectivity index (χ4n) is 15.4. The lowest BCUT2D eigenvalue weighted by molar-refractivity contribution is -0.379. The van der Waals surface area contributed by atoms with Crippen LogP contribution in [0.15, 0.2) is 60.8 Å². The molecule has 3 aliphatic rings. The number of nitrogens with one attached hydrogen (secondary N) is 1. The molecule has 17 unspecified atom stereocenters. The van der Waals surface area contributed by atoms with Gasteiger partial charge in [0, 0.05) is 6.42 Å². The molecule has 17 atom stereocenters. The molecular weight excluding hydrogens is 1410 g/mol. The molecule has 0 bridgehead atoms. The van der Waals surface area contributed by atoms with Gasteiger partial charge in [-0.25, -0.2) is 0 Å². The second-order valence-electron chi connectivity index (χ2n) is 32.7. The number of rotatable bonds is 75. The van der Waals surface area contributed by atoms with E-state index in [0.29, 0.717) is 12.8 Å². The zero-order valence-electron chi connectivity index (χ0n) is 70.2. The van der Waals surface area contributed by atoms with Crippen LogP contribution in [0.4, 0.5) is 0 Å². The quantitative estimate of drug-likeness (QED) is 0.0199. The standard InChI is InChI=1S/C92H169NO18/c1-3-5-7-9-11-13-15-17-19-21-23-25-27-29-30-31-32-33-34-35-36-37-38-39-40-41-42-43-44-46-48-50-52-54-56-58-60-62-64-66-68-70-80(98)93-75(76(97)69-67-65-63-61-59-57-55-53-51-49-47-45-28-26-24-22-20-18-16-14-12-10-8-6-4-2)74-106-90-86(104)83(101)88(78(72-95)108-90)111-92-87(105)84(102)89(79(73-96)109-92)110-91-85(103)82(100)81(99)77(71-94)107-91/h15,17,21,23,51,53,59,61,67,69,75-79,81-92,94-97,99-105H,3-14,16,18-20,22,24-50,52,54-58,60,62-66,68,70-74H2,1-2H3,(H,93,98)/b17-15-,23-21-,53-51+,61-59+,69-67+. The highest BCUT2D eigenvalue weighted by Crippen LogP contribution is 2.34. The van der Waals surface area contributed by atoms with Crippen molar-refractivity contribution in [1.82, 2.24) is 5.32 Å². The Hall–Kier alpha value is -2.51. The van der Waals surface area contributed by atoms with E-state index in [1.54, 1.807) is 6.08 Å². The van der Waals surface area contributed by atoms with Crippen molar-refractivity contribution in [1.29, 1.82) is 0 Å². The Morgan fingerprint density at radius 2 is 0.604 bits per heavy atom. The van der Waals surface area contributed by atoms with Gasteiger partial charge in [0.15, 0.2) is 18.9 Å². The summed E-state index contributed by atoms with van der Waals surface area (Å²) in [6, 6.07) is -0.998. The van der Waals surface area contributed by atoms with Gasteiger partial charge < -0.3 is 89.9 Å². The molecule has 0 aliphatic carbocycles. The maximum Gasteiger partial charge on any atom is 0.220 e. The van der Waals surface area contributed by atoms with Crippen LogP contribution >= 0.6 is 0 Å². The van der Waals surface area contributed by atoms with Crippen LogP contribution in [0.25, 0.3) is 0 Å². The van der Waals surface area contributed by atoms with Gasteiger partial charge in [-0.1, -0.05) is 364 Å². The molecule has 0 aromatic rings. The SMILES string of the molecule is CCCCCCC/C=C\C/C=C\CCCCCCCCCCCCCCCCCCCCCCCCCCCCCCCC(=O)NC(COC1OC(CO)C(OC2OC(CO)C(OC3OC(CO)C(O)C(O)C3O)C(O)C2O)C(O)C1O)C(O)/C=C/CC/C=C/CC/C=C/CCCCCCCCCCCCCCCCC. The van der Waals surface area contributed by atoms with Crippen LogP contribution in [-0.2, 0) is 33.2 Å². The van der Waals surface area contributed by atoms with Crippen molar-refractivity contribution in [3.05, 3.63) is 60.8 Å². The molecule has 12 N–H and O–H groups in total. The maximum atomic E-state index is 13.5. The van der Waals surface area contributed by atoms with Crippen LogP contribution < -0.4 is 5.32 Å². The Balaban J connectivity index is 1.30. The summed E-state index contributed by atoms with van der Waals surface area (Å²) in [5, 5.41) is 121. The van der Waals surface area contributed by atoms with E-state index in [9.17, 15) is 61.0 Å². The summed E-state index contributed by atoms with van der Waals surface area (Å²) >= 11 is 0. The molecule has 0 aromatic carbocycles. The largest absolute Gasteiger partial charge is 0.394 e. The molecule has 19 heteroatoms. The summed E-state index contributed by atoms with van der Waals surface area (Å²) in [5.74, 6) is -0.282. The minimum Gasteiger partial charge on any atom is -0.394 e. The van der Waals surface area contributed by atoms with Crippen LogP contribution in [0.3, 0.4) is 0 Å². The lowest BCUT2D eigenvalue weighted by Gasteiger charge is -2.48. The van der Waals surface area contributed by atoms with Crippen molar-refractivity contribution in [2.24, 2.45) is 0 Å². The molecule has 3 fully saturated rings. The number of allylic oxidation sites excluding steroid dienone is 9. The van der Waals surface area contributed by atoms with Gasteiger partial charge in [-0.05, 0) is 77.0 Å². The first kappa shape index (κ1) is 103. The molecule has 0 radical (unpaired) electrons. The lowest BCUT2D eigenvalue weighted by Crippen LogP contribution is -2.66. The second-order valence-corrected chi connectivity index (χ2v) is 32.7. The summed E-state index contributed by atoms with van der Waals surface area (Å²) in [7, 11) is 0. The van der Waals surface area contributed by atoms with Crippen molar-refractivity contribution in [3.63, 3.8) is 0 Å². The highest BCUT2D eigenvalue weighted by Gasteiger charge is 2.54. The minimum atomic E-state index is -1.98. The number of amides is 1. The Morgan fingerprint density at radius 3 is 0.955 bits per heavy atom. The molecule has 3 rings (SSSR count). The molecule has 1 amide bonds. The number of hydrogen-bond donors (Lipinski definition) is 12. The third kappa shape index (κ3) is 50.1. The zero-order valence-corrected chi connectivity index (χ0v) is 70.2. The average Bonchev–Trinajstić information content (AvgIpc) is 0.780. The molecule has 650 valence electrons. The van der Waals surface area contributed by atoms with Crippen molar-refractivity contribution < 1.29 is 89.4 Å². The van der Waals surface area contributed by atoms with Crippen LogP contribution in [-0.4, -0.2) is 193 Å². The third-order valence-corrected chi connectivity index (χ3v) is 22.8. The lowest BCUT2D eigenvalue weighted by atomic mass is 9.96. The number of carbonyl (C=O) groups excluding carboxylic acids is 1. The molecule has 3 aliphatic heterocycles. The van der Waals surface area contributed by atoms with Gasteiger partial charge in [-0.15, -0.1) is 0 Å². The van der Waals surface area contributed by atoms with E-state index in [0.717, 1.165) is 51.4 Å². The Kier molecular flexibility index (Phi) is 66.2.